The van der Waals surface area contributed by atoms with Gasteiger partial charge in [-0.15, -0.1) is 0 Å². The Kier molecular flexibility index (Phi) is 46.2. The van der Waals surface area contributed by atoms with E-state index in [0.717, 1.165) is 12.8 Å². The van der Waals surface area contributed by atoms with Gasteiger partial charge in [0.2, 0.25) is 0 Å². The molecule has 1 aromatic rings. The second-order valence-corrected chi connectivity index (χ2v) is 5.30. The number of nitrogens with two attached hydrogens (primary N) is 3. The zero-order chi connectivity index (χ0) is 28.0. The third-order valence-corrected chi connectivity index (χ3v) is 3.00. The van der Waals surface area contributed by atoms with E-state index in [2.05, 4.69) is 117 Å². The smallest absolute Gasteiger partial charge is 0.162 e. The van der Waals surface area contributed by atoms with Gasteiger partial charge < -0.3 is 17.5 Å². The van der Waals surface area contributed by atoms with Crippen LogP contribution in [0.5, 0.6) is 0 Å². The van der Waals surface area contributed by atoms with Crippen molar-refractivity contribution in [2.45, 2.75) is 69.2 Å². The van der Waals surface area contributed by atoms with Crippen molar-refractivity contribution < 1.29 is 8.78 Å². The SMILES string of the molecule is C.C.C.C.CCCc1ccc(CCC)c(F)c1F.N/N=N/N=N/N=N/N=N/N=N/N.N=N/N=N/N=N/N=N/N=N/N. The van der Waals surface area contributed by atoms with Gasteiger partial charge >= 0.3 is 0 Å². The van der Waals surface area contributed by atoms with Gasteiger partial charge in [0.1, 0.15) is 0 Å². The van der Waals surface area contributed by atoms with Crippen molar-refractivity contribution >= 4 is 0 Å². The lowest BCUT2D eigenvalue weighted by atomic mass is 10.0. The topological polar surface area (TPSA) is 337 Å². The molecule has 0 aliphatic carbocycles. The number of halogens is 2. The van der Waals surface area contributed by atoms with Gasteiger partial charge in [0, 0.05) is 0 Å². The standard InChI is InChI=1S/C12H16F2.4CH4.H4N12.H3N11/c1-3-5-9-7-8-10(6-4-2)12(14)11(9)13;;;;;1-3-5-7-9-11-12-10-8-6-4-2;1-3-5-7-9-11-10-8-6-4-2/h7-8H,3-6H2,1-2H3;4*1H4;(H2,1,4,5,8,9,12)(H2,2,3,6,7,10,11);(H3,1,2,5,6,9,10). The first-order chi connectivity index (χ1) is 18.0. The molecule has 0 heterocycles. The van der Waals surface area contributed by atoms with Crippen LogP contribution in [0.15, 0.2) is 111 Å². The van der Waals surface area contributed by atoms with Crippen LogP contribution in [0.1, 0.15) is 67.5 Å². The molecular weight excluding hydrogens is 552 g/mol. The van der Waals surface area contributed by atoms with Crippen molar-refractivity contribution in [2.24, 2.45) is 117 Å². The molecular formula is C16H39F2N23. The van der Waals surface area contributed by atoms with E-state index in [1.165, 1.54) is 0 Å². The first-order valence-corrected chi connectivity index (χ1v) is 9.56. The van der Waals surface area contributed by atoms with Crippen LogP contribution in [0.3, 0.4) is 0 Å². The van der Waals surface area contributed by atoms with E-state index in [-0.39, 0.29) is 29.7 Å². The predicted octanol–water partition coefficient (Wildman–Crippen LogP) is 8.43. The van der Waals surface area contributed by atoms with Gasteiger partial charge in [-0.05, 0) is 108 Å². The molecule has 0 atom stereocenters. The van der Waals surface area contributed by atoms with E-state index in [1.807, 2.05) is 13.8 Å². The highest BCUT2D eigenvalue weighted by Gasteiger charge is 2.11. The van der Waals surface area contributed by atoms with Crippen molar-refractivity contribution in [1.82, 2.24) is 0 Å². The molecule has 0 unspecified atom stereocenters. The number of benzene rings is 1. The maximum Gasteiger partial charge on any atom is 0.162 e. The molecule has 0 bridgehead atoms. The summed E-state index contributed by atoms with van der Waals surface area (Å²) in [5.74, 6) is 12.3. The van der Waals surface area contributed by atoms with Gasteiger partial charge in [-0.2, -0.15) is 5.53 Å². The van der Waals surface area contributed by atoms with E-state index >= 15 is 0 Å². The molecule has 1 rings (SSSR count). The molecule has 25 heteroatoms. The summed E-state index contributed by atoms with van der Waals surface area (Å²) in [5.41, 5.74) is 7.09. The van der Waals surface area contributed by atoms with E-state index in [1.54, 1.807) is 12.1 Å². The largest absolute Gasteiger partial charge is 0.303 e. The molecule has 0 aliphatic rings. The summed E-state index contributed by atoms with van der Waals surface area (Å²) >= 11 is 0. The van der Waals surface area contributed by atoms with Crippen molar-refractivity contribution in [2.75, 3.05) is 0 Å². The molecule has 41 heavy (non-hydrogen) atoms. The summed E-state index contributed by atoms with van der Waals surface area (Å²) in [4.78, 5) is 0. The Balaban J connectivity index is -0.000000108. The van der Waals surface area contributed by atoms with E-state index in [9.17, 15) is 8.78 Å². The van der Waals surface area contributed by atoms with Gasteiger partial charge in [0.15, 0.2) is 11.6 Å². The molecule has 0 spiro atoms. The third-order valence-electron chi connectivity index (χ3n) is 3.00. The molecule has 0 saturated carbocycles. The summed E-state index contributed by atoms with van der Waals surface area (Å²) in [6.07, 6.45) is 2.89. The van der Waals surface area contributed by atoms with Gasteiger partial charge in [0.25, 0.3) is 0 Å². The molecule has 0 aliphatic heterocycles. The van der Waals surface area contributed by atoms with Crippen LogP contribution in [0, 0.1) is 17.2 Å². The van der Waals surface area contributed by atoms with E-state index in [0.29, 0.717) is 24.0 Å². The highest BCUT2D eigenvalue weighted by atomic mass is 19.2. The van der Waals surface area contributed by atoms with Crippen LogP contribution in [0.4, 0.5) is 8.78 Å². The molecule has 0 fully saturated rings. The lowest BCUT2D eigenvalue weighted by Gasteiger charge is -2.06. The second kappa shape index (κ2) is 39.0. The summed E-state index contributed by atoms with van der Waals surface area (Å²) < 4.78 is 26.8. The highest BCUT2D eigenvalue weighted by Crippen LogP contribution is 2.18. The van der Waals surface area contributed by atoms with Crippen molar-refractivity contribution in [3.05, 3.63) is 34.9 Å². The molecule has 1 aromatic carbocycles. The summed E-state index contributed by atoms with van der Waals surface area (Å²) in [5, 5.41) is 54.2. The Hall–Kier alpha value is -5.52. The molecule has 0 saturated heterocycles. The number of rotatable bonds is 12. The molecule has 7 N–H and O–H groups in total. The van der Waals surface area contributed by atoms with Gasteiger partial charge in [0.05, 0.1) is 0 Å². The minimum Gasteiger partial charge on any atom is -0.303 e. The fraction of sp³-hybridized carbons (Fsp3) is 0.625. The normalized spacial score (nSPS) is 11.0. The van der Waals surface area contributed by atoms with Crippen molar-refractivity contribution in [3.63, 3.8) is 0 Å². The third kappa shape index (κ3) is 30.6. The average Bonchev–Trinajstić information content (AvgIpc) is 2.90. The van der Waals surface area contributed by atoms with Crippen molar-refractivity contribution in [1.29, 1.82) is 5.53 Å². The number of nitrogens with zero attached hydrogens (tertiary/aromatic N) is 19. The Labute approximate surface area is 235 Å². The van der Waals surface area contributed by atoms with Crippen LogP contribution in [0.2, 0.25) is 0 Å². The molecule has 0 aromatic heterocycles. The Bertz CT molecular complexity index is 945. The number of nitrogens with one attached hydrogen (secondary N) is 1. The van der Waals surface area contributed by atoms with Crippen LogP contribution >= 0.6 is 0 Å². The quantitative estimate of drug-likeness (QED) is 0.105. The molecule has 232 valence electrons. The number of hydrogen-bond donors (Lipinski definition) is 4. The van der Waals surface area contributed by atoms with Crippen LogP contribution < -0.4 is 17.5 Å². The Morgan fingerprint density at radius 3 is 0.976 bits per heavy atom. The monoisotopic (exact) mass is 591 g/mol. The minimum atomic E-state index is -0.655. The first-order valence-electron chi connectivity index (χ1n) is 9.56. The predicted molar refractivity (Wildman–Crippen MR) is 143 cm³/mol. The number of aryl methyl sites for hydroxylation is 2. The zero-order valence-electron chi connectivity index (χ0n) is 19.5. The first kappa shape index (κ1) is 48.5. The molecule has 0 radical (unpaired) electrons. The molecule has 23 nitrogen and oxygen atoms in total. The van der Waals surface area contributed by atoms with E-state index in [4.69, 9.17) is 5.53 Å². The molecule has 0 amide bonds. The van der Waals surface area contributed by atoms with Gasteiger partial charge in [-0.25, -0.2) is 8.78 Å². The highest BCUT2D eigenvalue weighted by molar-refractivity contribution is 5.26. The summed E-state index contributed by atoms with van der Waals surface area (Å²) in [6.45, 7) is 3.91. The second-order valence-electron chi connectivity index (χ2n) is 5.30. The number of hydrogen-bond acceptors (Lipinski definition) is 4. The maximum absolute atomic E-state index is 13.4. The zero-order valence-corrected chi connectivity index (χ0v) is 19.5. The average molecular weight is 592 g/mol. The summed E-state index contributed by atoms with van der Waals surface area (Å²) in [7, 11) is 0. The van der Waals surface area contributed by atoms with Gasteiger partial charge in [-0.3, -0.25) is 0 Å². The summed E-state index contributed by atoms with van der Waals surface area (Å²) in [6, 6.07) is 3.40. The van der Waals surface area contributed by atoms with Crippen LogP contribution in [-0.2, 0) is 12.8 Å². The lowest BCUT2D eigenvalue weighted by Crippen LogP contribution is -1.99. The van der Waals surface area contributed by atoms with Crippen molar-refractivity contribution in [3.8, 4) is 0 Å². The van der Waals surface area contributed by atoms with Crippen LogP contribution in [-0.4, -0.2) is 0 Å². The maximum atomic E-state index is 13.4. The fourth-order valence-electron chi connectivity index (χ4n) is 1.84. The lowest BCUT2D eigenvalue weighted by molar-refractivity contribution is 0.488. The van der Waals surface area contributed by atoms with Gasteiger partial charge in [-0.1, -0.05) is 84.2 Å². The minimum absolute atomic E-state index is 0. The van der Waals surface area contributed by atoms with Crippen LogP contribution in [0.25, 0.3) is 0 Å². The van der Waals surface area contributed by atoms with E-state index < -0.39 is 11.6 Å². The Morgan fingerprint density at radius 1 is 0.512 bits per heavy atom. The Morgan fingerprint density at radius 2 is 0.756 bits per heavy atom. The fourth-order valence-corrected chi connectivity index (χ4v) is 1.84.